The van der Waals surface area contributed by atoms with Crippen LogP contribution in [0.1, 0.15) is 36.0 Å². The van der Waals surface area contributed by atoms with Gasteiger partial charge >= 0.3 is 0 Å². The fraction of sp³-hybridized carbons (Fsp3) is 0.208. The van der Waals surface area contributed by atoms with Gasteiger partial charge in [0.1, 0.15) is 11.6 Å². The summed E-state index contributed by atoms with van der Waals surface area (Å²) in [5.74, 6) is 8.59. The van der Waals surface area contributed by atoms with Crippen molar-refractivity contribution in [2.45, 2.75) is 32.6 Å². The lowest BCUT2D eigenvalue weighted by Gasteiger charge is -2.11. The molecule has 1 aliphatic carbocycles. The number of aromatic amines is 1. The fourth-order valence-corrected chi connectivity index (χ4v) is 4.54. The Hall–Kier alpha value is -3.87. The third kappa shape index (κ3) is 2.63. The molecule has 0 radical (unpaired) electrons. The lowest BCUT2D eigenvalue weighted by molar-refractivity contribution is 0.393. The quantitative estimate of drug-likeness (QED) is 0.428. The molecule has 0 saturated heterocycles. The van der Waals surface area contributed by atoms with Crippen LogP contribution in [0.25, 0.3) is 44.1 Å². The summed E-state index contributed by atoms with van der Waals surface area (Å²) >= 11 is 0. The molecule has 0 bridgehead atoms. The number of aryl methyl sites for hydroxylation is 2. The van der Waals surface area contributed by atoms with Gasteiger partial charge in [0, 0.05) is 28.6 Å². The van der Waals surface area contributed by atoms with Crippen LogP contribution in [-0.2, 0) is 0 Å². The van der Waals surface area contributed by atoms with Crippen LogP contribution in [0, 0.1) is 13.8 Å². The van der Waals surface area contributed by atoms with E-state index in [9.17, 15) is 4.79 Å². The maximum Gasteiger partial charge on any atom is 0.255 e. The van der Waals surface area contributed by atoms with Gasteiger partial charge in [0.25, 0.3) is 5.56 Å². The molecule has 0 unspecified atom stereocenters. The van der Waals surface area contributed by atoms with Gasteiger partial charge in [-0.15, -0.1) is 0 Å². The second kappa shape index (κ2) is 6.31. The highest BCUT2D eigenvalue weighted by Crippen LogP contribution is 2.43. The molecular weight excluding hydrogens is 390 g/mol. The maximum absolute atomic E-state index is 12.4. The minimum Gasteiger partial charge on any atom is -0.361 e. The van der Waals surface area contributed by atoms with E-state index in [-0.39, 0.29) is 5.56 Å². The first kappa shape index (κ1) is 17.9. The molecule has 2 aromatic carbocycles. The van der Waals surface area contributed by atoms with Crippen LogP contribution in [0.2, 0.25) is 0 Å². The zero-order chi connectivity index (χ0) is 21.3. The van der Waals surface area contributed by atoms with Crippen molar-refractivity contribution in [1.29, 1.82) is 0 Å². The summed E-state index contributed by atoms with van der Waals surface area (Å²) < 4.78 is 7.15. The zero-order valence-corrected chi connectivity index (χ0v) is 17.3. The van der Waals surface area contributed by atoms with Gasteiger partial charge < -0.3 is 15.3 Å². The molecule has 3 heterocycles. The van der Waals surface area contributed by atoms with E-state index in [2.05, 4.69) is 22.3 Å². The van der Waals surface area contributed by atoms with E-state index in [4.69, 9.17) is 15.3 Å². The summed E-state index contributed by atoms with van der Waals surface area (Å²) in [4.78, 5) is 20.1. The third-order valence-electron chi connectivity index (χ3n) is 6.19. The molecule has 7 heteroatoms. The molecule has 0 spiro atoms. The summed E-state index contributed by atoms with van der Waals surface area (Å²) in [5.41, 5.74) is 6.22. The molecule has 0 aliphatic heterocycles. The summed E-state index contributed by atoms with van der Waals surface area (Å²) in [7, 11) is 0. The van der Waals surface area contributed by atoms with Crippen LogP contribution < -0.4 is 11.4 Å². The Balaban J connectivity index is 1.74. The molecule has 1 saturated carbocycles. The van der Waals surface area contributed by atoms with E-state index in [1.54, 1.807) is 10.9 Å². The molecular formula is C24H21N5O2. The molecule has 154 valence electrons. The van der Waals surface area contributed by atoms with Crippen molar-refractivity contribution >= 4 is 21.8 Å². The van der Waals surface area contributed by atoms with Gasteiger partial charge in [-0.25, -0.2) is 9.66 Å². The van der Waals surface area contributed by atoms with Gasteiger partial charge in [-0.2, -0.15) is 0 Å². The van der Waals surface area contributed by atoms with Gasteiger partial charge in [-0.05, 0) is 67.5 Å². The van der Waals surface area contributed by atoms with Crippen molar-refractivity contribution in [3.8, 4) is 22.3 Å². The van der Waals surface area contributed by atoms with Crippen LogP contribution in [-0.4, -0.2) is 19.8 Å². The topological polar surface area (TPSA) is 103 Å². The van der Waals surface area contributed by atoms with Gasteiger partial charge in [0.05, 0.1) is 16.7 Å². The summed E-state index contributed by atoms with van der Waals surface area (Å²) in [6.45, 7) is 3.84. The van der Waals surface area contributed by atoms with E-state index in [0.29, 0.717) is 11.3 Å². The number of aromatic nitrogens is 4. The highest BCUT2D eigenvalue weighted by atomic mass is 16.5. The Morgan fingerprint density at radius 2 is 1.97 bits per heavy atom. The second-order valence-electron chi connectivity index (χ2n) is 8.28. The number of benzene rings is 2. The van der Waals surface area contributed by atoms with Crippen molar-refractivity contribution in [3.63, 3.8) is 0 Å². The molecule has 3 aromatic heterocycles. The summed E-state index contributed by atoms with van der Waals surface area (Å²) in [6.07, 6.45) is 3.90. The normalized spacial score (nSPS) is 14.0. The lowest BCUT2D eigenvalue weighted by Crippen LogP contribution is -2.11. The number of nitrogens with one attached hydrogen (secondary N) is 1. The Kier molecular flexibility index (Phi) is 3.65. The number of hydrogen-bond acceptors (Lipinski definition) is 5. The standard InChI is InChI=1S/C24H21N5O2/c1-12-21(13(2)31-28-12)15-10-19(16-4-3-5-18-17(16)8-9-26-24(18)30)22-20(11-15)29(25)23(27-22)14-6-7-14/h3-5,8-11,14H,6-7,25H2,1-2H3,(H,26,30). The maximum atomic E-state index is 12.4. The van der Waals surface area contributed by atoms with Gasteiger partial charge in [0.15, 0.2) is 0 Å². The molecule has 0 amide bonds. The van der Waals surface area contributed by atoms with Crippen LogP contribution >= 0.6 is 0 Å². The average Bonchev–Trinajstić information content (AvgIpc) is 3.48. The van der Waals surface area contributed by atoms with Crippen LogP contribution in [0.5, 0.6) is 0 Å². The molecule has 31 heavy (non-hydrogen) atoms. The van der Waals surface area contributed by atoms with Crippen LogP contribution in [0.15, 0.2) is 51.9 Å². The highest BCUT2D eigenvalue weighted by molar-refractivity contribution is 6.05. The fourth-order valence-electron chi connectivity index (χ4n) is 4.54. The first-order valence-corrected chi connectivity index (χ1v) is 10.4. The number of imidazole rings is 1. The lowest BCUT2D eigenvalue weighted by atomic mass is 9.94. The van der Waals surface area contributed by atoms with Crippen molar-refractivity contribution in [2.24, 2.45) is 0 Å². The SMILES string of the molecule is Cc1noc(C)c1-c1cc(-c2cccc3c(=O)[nH]ccc23)c2nc(C3CC3)n(N)c2c1. The molecule has 0 atom stereocenters. The first-order chi connectivity index (χ1) is 15.0. The Labute approximate surface area is 177 Å². The number of nitrogens with two attached hydrogens (primary N) is 1. The number of fused-ring (bicyclic) bond motifs is 2. The smallest absolute Gasteiger partial charge is 0.255 e. The first-order valence-electron chi connectivity index (χ1n) is 10.4. The molecule has 1 fully saturated rings. The number of pyridine rings is 1. The largest absolute Gasteiger partial charge is 0.361 e. The van der Waals surface area contributed by atoms with E-state index in [0.717, 1.165) is 68.8 Å². The second-order valence-corrected chi connectivity index (χ2v) is 8.28. The van der Waals surface area contributed by atoms with Crippen LogP contribution in [0.4, 0.5) is 0 Å². The Bertz CT molecular complexity index is 1530. The third-order valence-corrected chi connectivity index (χ3v) is 6.19. The summed E-state index contributed by atoms with van der Waals surface area (Å²) in [6, 6.07) is 11.9. The van der Waals surface area contributed by atoms with Crippen molar-refractivity contribution in [1.82, 2.24) is 19.8 Å². The Morgan fingerprint density at radius 3 is 2.71 bits per heavy atom. The molecule has 6 rings (SSSR count). The zero-order valence-electron chi connectivity index (χ0n) is 17.3. The predicted molar refractivity (Wildman–Crippen MR) is 120 cm³/mol. The molecule has 7 nitrogen and oxygen atoms in total. The van der Waals surface area contributed by atoms with E-state index >= 15 is 0 Å². The predicted octanol–water partition coefficient (Wildman–Crippen LogP) is 4.41. The molecule has 1 aliphatic rings. The van der Waals surface area contributed by atoms with Crippen molar-refractivity contribution < 1.29 is 4.52 Å². The number of rotatable bonds is 3. The van der Waals surface area contributed by atoms with Crippen molar-refractivity contribution in [3.05, 3.63) is 70.2 Å². The van der Waals surface area contributed by atoms with Gasteiger partial charge in [-0.3, -0.25) is 4.79 Å². The van der Waals surface area contributed by atoms with Crippen molar-refractivity contribution in [2.75, 3.05) is 5.84 Å². The molecule has 3 N–H and O–H groups in total. The Morgan fingerprint density at radius 1 is 1.13 bits per heavy atom. The van der Waals surface area contributed by atoms with Gasteiger partial charge in [-0.1, -0.05) is 17.3 Å². The van der Waals surface area contributed by atoms with E-state index < -0.39 is 0 Å². The minimum absolute atomic E-state index is 0.111. The highest BCUT2D eigenvalue weighted by Gasteiger charge is 2.30. The van der Waals surface area contributed by atoms with Gasteiger partial charge in [0.2, 0.25) is 0 Å². The summed E-state index contributed by atoms with van der Waals surface area (Å²) in [5, 5.41) is 5.65. The minimum atomic E-state index is -0.111. The number of nitrogens with zero attached hydrogens (tertiary/aromatic N) is 3. The van der Waals surface area contributed by atoms with E-state index in [1.807, 2.05) is 38.1 Å². The number of hydrogen-bond donors (Lipinski definition) is 2. The molecule has 5 aromatic rings. The number of H-pyrrole nitrogens is 1. The van der Waals surface area contributed by atoms with Crippen LogP contribution in [0.3, 0.4) is 0 Å². The van der Waals surface area contributed by atoms with E-state index in [1.165, 1.54) is 0 Å². The number of nitrogen functional groups attached to an aromatic ring is 1. The monoisotopic (exact) mass is 411 g/mol. The average molecular weight is 411 g/mol.